The van der Waals surface area contributed by atoms with Gasteiger partial charge in [0.05, 0.1) is 17.7 Å². The second-order valence-electron chi connectivity index (χ2n) is 5.11. The highest BCUT2D eigenvalue weighted by atomic mass is 35.5. The Bertz CT molecular complexity index is 685. The van der Waals surface area contributed by atoms with Crippen molar-refractivity contribution in [2.45, 2.75) is 25.9 Å². The maximum absolute atomic E-state index is 13.1. The van der Waals surface area contributed by atoms with Gasteiger partial charge in [-0.3, -0.25) is 0 Å². The van der Waals surface area contributed by atoms with Crippen LogP contribution in [0.2, 0.25) is 5.02 Å². The minimum atomic E-state index is -0.406. The Morgan fingerprint density at radius 2 is 1.91 bits per heavy atom. The number of benzene rings is 2. The van der Waals surface area contributed by atoms with Crippen LogP contribution in [0, 0.1) is 17.1 Å². The Morgan fingerprint density at radius 1 is 1.13 bits per heavy atom. The smallest absolute Gasteiger partial charge is 0.141 e. The van der Waals surface area contributed by atoms with Crippen molar-refractivity contribution in [3.05, 3.63) is 64.4 Å². The number of nitrogens with one attached hydrogen (secondary N) is 1. The first-order valence-corrected chi connectivity index (χ1v) is 7.80. The fourth-order valence-corrected chi connectivity index (χ4v) is 2.29. The molecule has 0 aromatic heterocycles. The van der Waals surface area contributed by atoms with E-state index in [0.29, 0.717) is 26.1 Å². The van der Waals surface area contributed by atoms with Gasteiger partial charge in [-0.1, -0.05) is 29.8 Å². The average Bonchev–Trinajstić information content (AvgIpc) is 2.55. The number of nitriles is 1. The molecular weight excluding hydrogens is 315 g/mol. The molecule has 1 N–H and O–H groups in total. The summed E-state index contributed by atoms with van der Waals surface area (Å²) in [5, 5.41) is 11.9. The molecule has 0 radical (unpaired) electrons. The Balaban J connectivity index is 1.81. The number of hydrogen-bond donors (Lipinski definition) is 1. The maximum Gasteiger partial charge on any atom is 0.141 e. The second kappa shape index (κ2) is 9.14. The molecule has 120 valence electrons. The van der Waals surface area contributed by atoms with Crippen molar-refractivity contribution in [2.24, 2.45) is 0 Å². The van der Waals surface area contributed by atoms with Crippen LogP contribution in [0.5, 0.6) is 5.75 Å². The molecule has 0 fully saturated rings. The molecule has 0 aliphatic carbocycles. The molecule has 0 unspecified atom stereocenters. The molecule has 0 bridgehead atoms. The van der Waals surface area contributed by atoms with Crippen molar-refractivity contribution >= 4 is 11.6 Å². The van der Waals surface area contributed by atoms with E-state index in [1.807, 2.05) is 24.3 Å². The Hall–Kier alpha value is -2.09. The zero-order valence-electron chi connectivity index (χ0n) is 12.7. The zero-order chi connectivity index (χ0) is 16.5. The molecule has 0 atom stereocenters. The van der Waals surface area contributed by atoms with Gasteiger partial charge in [0.1, 0.15) is 11.6 Å². The van der Waals surface area contributed by atoms with E-state index in [-0.39, 0.29) is 5.02 Å². The summed E-state index contributed by atoms with van der Waals surface area (Å²) in [6.07, 6.45) is 1.23. The lowest BCUT2D eigenvalue weighted by molar-refractivity contribution is 0.312. The van der Waals surface area contributed by atoms with E-state index in [4.69, 9.17) is 21.6 Å². The van der Waals surface area contributed by atoms with Crippen LogP contribution in [0.25, 0.3) is 0 Å². The van der Waals surface area contributed by atoms with Crippen molar-refractivity contribution < 1.29 is 9.13 Å². The Kier molecular flexibility index (Phi) is 6.86. The van der Waals surface area contributed by atoms with E-state index in [1.54, 1.807) is 12.1 Å². The third-order valence-corrected chi connectivity index (χ3v) is 3.53. The van der Waals surface area contributed by atoms with Crippen LogP contribution in [0.15, 0.2) is 42.5 Å². The summed E-state index contributed by atoms with van der Waals surface area (Å²) in [5.41, 5.74) is 2.02. The molecule has 0 spiro atoms. The Labute approximate surface area is 140 Å². The second-order valence-corrected chi connectivity index (χ2v) is 5.52. The molecule has 0 aliphatic rings. The highest BCUT2D eigenvalue weighted by Gasteiger charge is 2.01. The molecule has 0 aliphatic heterocycles. The number of nitrogens with zero attached hydrogens (tertiary/aromatic N) is 1. The van der Waals surface area contributed by atoms with Crippen LogP contribution < -0.4 is 10.1 Å². The normalized spacial score (nSPS) is 10.3. The molecule has 2 aromatic rings. The number of hydrogen-bond acceptors (Lipinski definition) is 3. The van der Waals surface area contributed by atoms with E-state index in [1.165, 1.54) is 6.07 Å². The predicted molar refractivity (Wildman–Crippen MR) is 88.7 cm³/mol. The van der Waals surface area contributed by atoms with E-state index in [2.05, 4.69) is 11.4 Å². The Morgan fingerprint density at radius 3 is 2.65 bits per heavy atom. The third-order valence-electron chi connectivity index (χ3n) is 3.24. The number of rotatable bonds is 8. The van der Waals surface area contributed by atoms with Crippen LogP contribution in [-0.2, 0) is 13.1 Å². The van der Waals surface area contributed by atoms with Gasteiger partial charge in [-0.25, -0.2) is 4.39 Å². The van der Waals surface area contributed by atoms with Crippen molar-refractivity contribution in [3.8, 4) is 11.8 Å². The summed E-state index contributed by atoms with van der Waals surface area (Å²) in [4.78, 5) is 0. The molecule has 3 nitrogen and oxygen atoms in total. The SMILES string of the molecule is N#CCCCOc1cccc(CNCc2ccc(F)c(Cl)c2)c1. The maximum atomic E-state index is 13.1. The summed E-state index contributed by atoms with van der Waals surface area (Å²) >= 11 is 5.76. The lowest BCUT2D eigenvalue weighted by Crippen LogP contribution is -2.12. The average molecular weight is 333 g/mol. The highest BCUT2D eigenvalue weighted by Crippen LogP contribution is 2.16. The van der Waals surface area contributed by atoms with E-state index >= 15 is 0 Å². The number of unbranched alkanes of at least 4 members (excludes halogenated alkanes) is 1. The van der Waals surface area contributed by atoms with Crippen molar-refractivity contribution in [2.75, 3.05) is 6.61 Å². The van der Waals surface area contributed by atoms with Gasteiger partial charge in [-0.05, 0) is 41.8 Å². The molecule has 0 saturated carbocycles. The summed E-state index contributed by atoms with van der Waals surface area (Å²) < 4.78 is 18.7. The minimum Gasteiger partial charge on any atom is -0.494 e. The first-order chi connectivity index (χ1) is 11.2. The first kappa shape index (κ1) is 17.3. The summed E-state index contributed by atoms with van der Waals surface area (Å²) in [7, 11) is 0. The van der Waals surface area contributed by atoms with Gasteiger partial charge >= 0.3 is 0 Å². The van der Waals surface area contributed by atoms with Crippen LogP contribution in [0.1, 0.15) is 24.0 Å². The van der Waals surface area contributed by atoms with E-state index < -0.39 is 5.82 Å². The topological polar surface area (TPSA) is 45.0 Å². The molecule has 0 heterocycles. The fourth-order valence-electron chi connectivity index (χ4n) is 2.09. The van der Waals surface area contributed by atoms with Gasteiger partial charge in [0, 0.05) is 19.5 Å². The highest BCUT2D eigenvalue weighted by molar-refractivity contribution is 6.30. The van der Waals surface area contributed by atoms with Crippen LogP contribution in [-0.4, -0.2) is 6.61 Å². The van der Waals surface area contributed by atoms with Crippen LogP contribution in [0.4, 0.5) is 4.39 Å². The lowest BCUT2D eigenvalue weighted by Gasteiger charge is -2.09. The fraction of sp³-hybridized carbons (Fsp3) is 0.278. The predicted octanol–water partition coefficient (Wildman–Crippen LogP) is 4.45. The summed E-state index contributed by atoms with van der Waals surface area (Å²) in [6, 6.07) is 14.6. The van der Waals surface area contributed by atoms with Crippen LogP contribution in [0.3, 0.4) is 0 Å². The lowest BCUT2D eigenvalue weighted by atomic mass is 10.2. The minimum absolute atomic E-state index is 0.136. The van der Waals surface area contributed by atoms with E-state index in [0.717, 1.165) is 23.3 Å². The van der Waals surface area contributed by atoms with Gasteiger partial charge in [-0.15, -0.1) is 0 Å². The zero-order valence-corrected chi connectivity index (χ0v) is 13.4. The van der Waals surface area contributed by atoms with E-state index in [9.17, 15) is 4.39 Å². The molecule has 2 aromatic carbocycles. The van der Waals surface area contributed by atoms with Crippen molar-refractivity contribution in [1.82, 2.24) is 5.32 Å². The van der Waals surface area contributed by atoms with Gasteiger partial charge in [0.15, 0.2) is 0 Å². The van der Waals surface area contributed by atoms with Crippen LogP contribution >= 0.6 is 11.6 Å². The molecule has 0 amide bonds. The van der Waals surface area contributed by atoms with Crippen molar-refractivity contribution in [3.63, 3.8) is 0 Å². The third kappa shape index (κ3) is 5.90. The molecular formula is C18H18ClFN2O. The number of halogens is 2. The first-order valence-electron chi connectivity index (χ1n) is 7.42. The molecule has 2 rings (SSSR count). The standard InChI is InChI=1S/C18H18ClFN2O/c19-17-11-15(6-7-18(17)20)13-22-12-14-4-3-5-16(10-14)23-9-2-1-8-21/h3-7,10-11,22H,1-2,9,12-13H2. The molecule has 23 heavy (non-hydrogen) atoms. The summed E-state index contributed by atoms with van der Waals surface area (Å²) in [6.45, 7) is 1.82. The molecule has 0 saturated heterocycles. The van der Waals surface area contributed by atoms with Gasteiger partial charge in [0.2, 0.25) is 0 Å². The summed E-state index contributed by atoms with van der Waals surface area (Å²) in [5.74, 6) is 0.392. The largest absolute Gasteiger partial charge is 0.494 e. The molecule has 5 heteroatoms. The van der Waals surface area contributed by atoms with Gasteiger partial charge in [-0.2, -0.15) is 5.26 Å². The van der Waals surface area contributed by atoms with Gasteiger partial charge in [0.25, 0.3) is 0 Å². The van der Waals surface area contributed by atoms with Gasteiger partial charge < -0.3 is 10.1 Å². The number of ether oxygens (including phenoxy) is 1. The quantitative estimate of drug-likeness (QED) is 0.726. The van der Waals surface area contributed by atoms with Crippen molar-refractivity contribution in [1.29, 1.82) is 5.26 Å². The monoisotopic (exact) mass is 332 g/mol.